The van der Waals surface area contributed by atoms with Gasteiger partial charge in [0, 0.05) is 23.6 Å². The smallest absolute Gasteiger partial charge is 0.338 e. The molecule has 0 saturated carbocycles. The van der Waals surface area contributed by atoms with E-state index in [0.29, 0.717) is 28.1 Å². The lowest BCUT2D eigenvalue weighted by molar-refractivity contribution is -0.132. The molecule has 0 spiro atoms. The molecule has 1 unspecified atom stereocenters. The van der Waals surface area contributed by atoms with Gasteiger partial charge in [-0.25, -0.2) is 4.79 Å². The summed E-state index contributed by atoms with van der Waals surface area (Å²) in [6.45, 7) is 3.50. The van der Waals surface area contributed by atoms with Gasteiger partial charge in [-0.2, -0.15) is 0 Å². The highest BCUT2D eigenvalue weighted by Gasteiger charge is 2.47. The van der Waals surface area contributed by atoms with Gasteiger partial charge in [-0.05, 0) is 74.0 Å². The van der Waals surface area contributed by atoms with Crippen LogP contribution in [0.5, 0.6) is 5.75 Å². The number of anilines is 1. The number of aromatic nitrogens is 1. The summed E-state index contributed by atoms with van der Waals surface area (Å²) in [5.74, 6) is -1.83. The van der Waals surface area contributed by atoms with Crippen molar-refractivity contribution in [2.45, 2.75) is 26.0 Å². The predicted octanol–water partition coefficient (Wildman–Crippen LogP) is 4.28. The molecule has 1 amide bonds. The molecule has 0 bridgehead atoms. The van der Waals surface area contributed by atoms with Gasteiger partial charge in [-0.1, -0.05) is 6.07 Å². The van der Waals surface area contributed by atoms with E-state index in [-0.39, 0.29) is 17.4 Å². The van der Waals surface area contributed by atoms with Crippen LogP contribution in [0, 0.1) is 0 Å². The van der Waals surface area contributed by atoms with Crippen LogP contribution in [0.15, 0.2) is 78.6 Å². The van der Waals surface area contributed by atoms with E-state index in [4.69, 9.17) is 9.47 Å². The summed E-state index contributed by atoms with van der Waals surface area (Å²) in [7, 11) is 1.52. The van der Waals surface area contributed by atoms with Gasteiger partial charge in [0.15, 0.2) is 0 Å². The van der Waals surface area contributed by atoms with E-state index < -0.39 is 23.7 Å². The lowest BCUT2D eigenvalue weighted by Gasteiger charge is -2.25. The molecule has 0 aliphatic carbocycles. The molecule has 1 aromatic heterocycles. The van der Waals surface area contributed by atoms with Crippen LogP contribution in [0.1, 0.15) is 41.4 Å². The molecule has 4 rings (SSSR count). The Hall–Kier alpha value is -4.46. The number of carbonyl (C=O) groups excluding carboxylic acids is 3. The van der Waals surface area contributed by atoms with Crippen LogP contribution in [-0.2, 0) is 14.3 Å². The largest absolute Gasteiger partial charge is 0.507 e. The molecule has 2 heterocycles. The number of aliphatic hydroxyl groups excluding tert-OH is 1. The molecule has 1 aliphatic heterocycles. The Morgan fingerprint density at radius 2 is 1.66 bits per heavy atom. The third-order valence-corrected chi connectivity index (χ3v) is 5.53. The molecule has 35 heavy (non-hydrogen) atoms. The number of amides is 1. The van der Waals surface area contributed by atoms with E-state index in [0.717, 1.165) is 0 Å². The van der Waals surface area contributed by atoms with Crippen LogP contribution in [-0.4, -0.2) is 41.0 Å². The van der Waals surface area contributed by atoms with E-state index in [1.54, 1.807) is 74.8 Å². The summed E-state index contributed by atoms with van der Waals surface area (Å²) >= 11 is 0. The minimum atomic E-state index is -0.917. The highest BCUT2D eigenvalue weighted by molar-refractivity contribution is 6.51. The molecule has 3 aromatic rings. The molecule has 0 radical (unpaired) electrons. The Morgan fingerprint density at radius 1 is 1.00 bits per heavy atom. The maximum atomic E-state index is 13.2. The van der Waals surface area contributed by atoms with E-state index in [1.165, 1.54) is 24.1 Å². The maximum absolute atomic E-state index is 13.2. The summed E-state index contributed by atoms with van der Waals surface area (Å²) < 4.78 is 10.4. The highest BCUT2D eigenvalue weighted by atomic mass is 16.5. The minimum absolute atomic E-state index is 0.0588. The molecular weight excluding hydrogens is 448 g/mol. The van der Waals surface area contributed by atoms with E-state index in [9.17, 15) is 19.5 Å². The van der Waals surface area contributed by atoms with Gasteiger partial charge in [0.25, 0.3) is 11.7 Å². The second-order valence-corrected chi connectivity index (χ2v) is 8.18. The first-order chi connectivity index (χ1) is 16.8. The minimum Gasteiger partial charge on any atom is -0.507 e. The topological polar surface area (TPSA) is 106 Å². The lowest BCUT2D eigenvalue weighted by atomic mass is 9.96. The molecule has 1 N–H and O–H groups in total. The van der Waals surface area contributed by atoms with Crippen molar-refractivity contribution in [1.82, 2.24) is 4.98 Å². The number of nitrogens with zero attached hydrogens (tertiary/aromatic N) is 2. The first kappa shape index (κ1) is 23.7. The van der Waals surface area contributed by atoms with Gasteiger partial charge in [0.2, 0.25) is 0 Å². The van der Waals surface area contributed by atoms with E-state index in [1.807, 2.05) is 0 Å². The third-order valence-electron chi connectivity index (χ3n) is 5.53. The summed E-state index contributed by atoms with van der Waals surface area (Å²) in [5.41, 5.74) is 1.55. The lowest BCUT2D eigenvalue weighted by Crippen LogP contribution is -2.29. The molecule has 1 saturated heterocycles. The first-order valence-corrected chi connectivity index (χ1v) is 11.0. The molecule has 1 aliphatic rings. The zero-order chi connectivity index (χ0) is 25.1. The number of carbonyl (C=O) groups is 3. The van der Waals surface area contributed by atoms with Gasteiger partial charge in [-0.3, -0.25) is 19.5 Å². The molecule has 8 heteroatoms. The Bertz CT molecular complexity index is 1280. The number of benzene rings is 2. The standard InChI is InChI=1S/C27H24N2O6/c1-16(2)35-27(33)18-6-10-20(11-7-18)29-23(19-5-4-14-28-15-19)22(25(31)26(29)32)24(30)17-8-12-21(34-3)13-9-17/h4-16,23,30H,1-3H3/b24-22+. The van der Waals surface area contributed by atoms with Crippen LogP contribution in [0.3, 0.4) is 0 Å². The van der Waals surface area contributed by atoms with Crippen molar-refractivity contribution in [3.8, 4) is 5.75 Å². The SMILES string of the molecule is COc1ccc(/C(O)=C2\C(=O)C(=O)N(c3ccc(C(=O)OC(C)C)cc3)C2c2cccnc2)cc1. The fraction of sp³-hybridized carbons (Fsp3) is 0.185. The first-order valence-electron chi connectivity index (χ1n) is 11.0. The molecule has 8 nitrogen and oxygen atoms in total. The van der Waals surface area contributed by atoms with Crippen molar-refractivity contribution in [2.75, 3.05) is 12.0 Å². The van der Waals surface area contributed by atoms with Gasteiger partial charge < -0.3 is 14.6 Å². The number of hydrogen-bond donors (Lipinski definition) is 1. The molecular formula is C27H24N2O6. The number of esters is 1. The second-order valence-electron chi connectivity index (χ2n) is 8.18. The number of Topliss-reactive ketones (excluding diaryl/α,β-unsaturated/α-hetero) is 1. The average Bonchev–Trinajstić information content (AvgIpc) is 3.14. The van der Waals surface area contributed by atoms with Gasteiger partial charge >= 0.3 is 5.97 Å². The molecule has 178 valence electrons. The van der Waals surface area contributed by atoms with E-state index in [2.05, 4.69) is 4.98 Å². The fourth-order valence-electron chi connectivity index (χ4n) is 3.90. The molecule has 1 atom stereocenters. The third kappa shape index (κ3) is 4.63. The van der Waals surface area contributed by atoms with Crippen LogP contribution in [0.25, 0.3) is 5.76 Å². The van der Waals surface area contributed by atoms with Gasteiger partial charge in [0.05, 0.1) is 30.4 Å². The monoisotopic (exact) mass is 472 g/mol. The number of ketones is 1. The number of rotatable bonds is 6. The average molecular weight is 472 g/mol. The second kappa shape index (κ2) is 9.80. The molecule has 1 fully saturated rings. The van der Waals surface area contributed by atoms with Crippen molar-refractivity contribution in [1.29, 1.82) is 0 Å². The van der Waals surface area contributed by atoms with E-state index >= 15 is 0 Å². The van der Waals surface area contributed by atoms with Gasteiger partial charge in [-0.15, -0.1) is 0 Å². The summed E-state index contributed by atoms with van der Waals surface area (Å²) in [6, 6.07) is 15.2. The van der Waals surface area contributed by atoms with Crippen LogP contribution in [0.4, 0.5) is 5.69 Å². The summed E-state index contributed by atoms with van der Waals surface area (Å²) in [5, 5.41) is 11.1. The fourth-order valence-corrected chi connectivity index (χ4v) is 3.90. The van der Waals surface area contributed by atoms with Gasteiger partial charge in [0.1, 0.15) is 11.5 Å². The zero-order valence-corrected chi connectivity index (χ0v) is 19.5. The van der Waals surface area contributed by atoms with Crippen molar-refractivity contribution in [3.05, 3.63) is 95.3 Å². The van der Waals surface area contributed by atoms with Crippen LogP contribution >= 0.6 is 0 Å². The van der Waals surface area contributed by atoms with Crippen molar-refractivity contribution < 1.29 is 29.0 Å². The Balaban J connectivity index is 1.81. The van der Waals surface area contributed by atoms with Crippen LogP contribution in [0.2, 0.25) is 0 Å². The Morgan fingerprint density at radius 3 is 2.23 bits per heavy atom. The number of aliphatic hydroxyl groups is 1. The number of ether oxygens (including phenoxy) is 2. The summed E-state index contributed by atoms with van der Waals surface area (Å²) in [4.78, 5) is 44.0. The normalized spacial score (nSPS) is 17.0. The highest BCUT2D eigenvalue weighted by Crippen LogP contribution is 2.42. The zero-order valence-electron chi connectivity index (χ0n) is 19.5. The number of methoxy groups -OCH3 is 1. The number of pyridine rings is 1. The van der Waals surface area contributed by atoms with Crippen LogP contribution < -0.4 is 9.64 Å². The maximum Gasteiger partial charge on any atom is 0.338 e. The number of hydrogen-bond acceptors (Lipinski definition) is 7. The summed E-state index contributed by atoms with van der Waals surface area (Å²) in [6.07, 6.45) is 2.84. The van der Waals surface area contributed by atoms with Crippen molar-refractivity contribution in [3.63, 3.8) is 0 Å². The quantitative estimate of drug-likeness (QED) is 0.247. The predicted molar refractivity (Wildman–Crippen MR) is 129 cm³/mol. The van der Waals surface area contributed by atoms with Crippen molar-refractivity contribution in [2.24, 2.45) is 0 Å². The Kier molecular flexibility index (Phi) is 6.64. The van der Waals surface area contributed by atoms with Crippen molar-refractivity contribution >= 4 is 29.1 Å². The Labute approximate surface area is 202 Å². The molecule has 2 aromatic carbocycles.